The molecule has 0 radical (unpaired) electrons. The van der Waals surface area contributed by atoms with Crippen LogP contribution in [0.1, 0.15) is 110 Å². The van der Waals surface area contributed by atoms with Crippen LogP contribution >= 0.6 is 24.8 Å². The van der Waals surface area contributed by atoms with Crippen LogP contribution in [-0.4, -0.2) is 12.7 Å². The van der Waals surface area contributed by atoms with Crippen molar-refractivity contribution in [2.45, 2.75) is 116 Å². The number of unbranched alkanes of at least 4 members (excludes halogenated alkanes) is 13. The largest absolute Gasteiger partial charge is 0.316 e. The fraction of sp³-hybridized carbons (Fsp3) is 1.00. The van der Waals surface area contributed by atoms with E-state index in [0.717, 1.165) is 13.0 Å². The zero-order valence-corrected chi connectivity index (χ0v) is 17.4. The highest BCUT2D eigenvalue weighted by molar-refractivity contribution is 5.85. The predicted molar refractivity (Wildman–Crippen MR) is 111 cm³/mol. The number of nitrogens with two attached hydrogens (primary N) is 1. The van der Waals surface area contributed by atoms with Gasteiger partial charge in [0, 0.05) is 0 Å². The minimum absolute atomic E-state index is 0. The van der Waals surface area contributed by atoms with E-state index >= 15 is 0 Å². The molecule has 0 aliphatic heterocycles. The number of rotatable bonds is 17. The summed E-state index contributed by atoms with van der Waals surface area (Å²) in [5.41, 5.74) is 5.82. The standard InChI is InChI=1S/C19H42N2.2ClH/c1-3-5-6-7-8-9-10-11-12-13-14-15-16-17-18-21-19(20)4-2;;/h19,21H,3-18,20H2,1-2H3;2*1H. The lowest BCUT2D eigenvalue weighted by molar-refractivity contribution is 0.486. The summed E-state index contributed by atoms with van der Waals surface area (Å²) in [6.07, 6.45) is 21.2. The van der Waals surface area contributed by atoms with Gasteiger partial charge in [-0.1, -0.05) is 97.3 Å². The van der Waals surface area contributed by atoms with Crippen molar-refractivity contribution in [2.24, 2.45) is 5.73 Å². The monoisotopic (exact) mass is 370 g/mol. The van der Waals surface area contributed by atoms with E-state index in [9.17, 15) is 0 Å². The smallest absolute Gasteiger partial charge is 0.0543 e. The highest BCUT2D eigenvalue weighted by atomic mass is 35.5. The SMILES string of the molecule is CCCCCCCCCCCCCCCCNC(N)CC.Cl.Cl. The Morgan fingerprint density at radius 1 is 0.609 bits per heavy atom. The maximum absolute atomic E-state index is 5.82. The summed E-state index contributed by atoms with van der Waals surface area (Å²) < 4.78 is 0. The molecule has 3 N–H and O–H groups in total. The third kappa shape index (κ3) is 24.9. The Morgan fingerprint density at radius 3 is 1.30 bits per heavy atom. The second-order valence-corrected chi connectivity index (χ2v) is 6.57. The summed E-state index contributed by atoms with van der Waals surface area (Å²) in [6.45, 7) is 5.51. The van der Waals surface area contributed by atoms with E-state index in [1.807, 2.05) is 0 Å². The minimum atomic E-state index is 0. The van der Waals surface area contributed by atoms with E-state index in [0.29, 0.717) is 0 Å². The normalized spacial score (nSPS) is 11.6. The summed E-state index contributed by atoms with van der Waals surface area (Å²) in [5.74, 6) is 0. The van der Waals surface area contributed by atoms with Gasteiger partial charge in [0.2, 0.25) is 0 Å². The molecule has 2 nitrogen and oxygen atoms in total. The van der Waals surface area contributed by atoms with Crippen LogP contribution in [0, 0.1) is 0 Å². The molecule has 23 heavy (non-hydrogen) atoms. The van der Waals surface area contributed by atoms with Crippen molar-refractivity contribution in [2.75, 3.05) is 6.54 Å². The lowest BCUT2D eigenvalue weighted by Crippen LogP contribution is -2.37. The van der Waals surface area contributed by atoms with E-state index in [-0.39, 0.29) is 31.0 Å². The van der Waals surface area contributed by atoms with Crippen LogP contribution in [0.5, 0.6) is 0 Å². The van der Waals surface area contributed by atoms with Gasteiger partial charge in [-0.2, -0.15) is 0 Å². The molecule has 0 bridgehead atoms. The van der Waals surface area contributed by atoms with Gasteiger partial charge in [0.1, 0.15) is 0 Å². The van der Waals surface area contributed by atoms with Gasteiger partial charge >= 0.3 is 0 Å². The molecule has 0 heterocycles. The molecule has 0 saturated carbocycles. The Morgan fingerprint density at radius 2 is 0.957 bits per heavy atom. The molecular formula is C19H44Cl2N2. The molecule has 0 aromatic rings. The highest BCUT2D eigenvalue weighted by Crippen LogP contribution is 2.12. The van der Waals surface area contributed by atoms with Crippen molar-refractivity contribution < 1.29 is 0 Å². The molecule has 0 aromatic heterocycles. The van der Waals surface area contributed by atoms with Gasteiger partial charge in [-0.25, -0.2) is 0 Å². The van der Waals surface area contributed by atoms with Crippen molar-refractivity contribution in [3.05, 3.63) is 0 Å². The molecule has 0 rings (SSSR count). The maximum atomic E-state index is 5.82. The summed E-state index contributed by atoms with van der Waals surface area (Å²) in [5, 5.41) is 3.35. The highest BCUT2D eigenvalue weighted by Gasteiger charge is 1.96. The van der Waals surface area contributed by atoms with Gasteiger partial charge in [-0.05, 0) is 19.4 Å². The quantitative estimate of drug-likeness (QED) is 0.223. The summed E-state index contributed by atoms with van der Waals surface area (Å²) in [4.78, 5) is 0. The van der Waals surface area contributed by atoms with Crippen LogP contribution in [0.25, 0.3) is 0 Å². The molecule has 0 spiro atoms. The second-order valence-electron chi connectivity index (χ2n) is 6.57. The van der Waals surface area contributed by atoms with E-state index < -0.39 is 0 Å². The molecule has 0 aliphatic rings. The first-order chi connectivity index (χ1) is 10.3. The van der Waals surface area contributed by atoms with E-state index in [4.69, 9.17) is 5.73 Å². The molecule has 0 saturated heterocycles. The van der Waals surface area contributed by atoms with Gasteiger partial charge in [0.05, 0.1) is 6.17 Å². The van der Waals surface area contributed by atoms with E-state index in [1.165, 1.54) is 89.9 Å². The van der Waals surface area contributed by atoms with Gasteiger partial charge in [-0.3, -0.25) is 0 Å². The second kappa shape index (κ2) is 24.7. The van der Waals surface area contributed by atoms with Crippen molar-refractivity contribution in [1.82, 2.24) is 5.32 Å². The minimum Gasteiger partial charge on any atom is -0.316 e. The average Bonchev–Trinajstić information content (AvgIpc) is 2.50. The molecule has 0 amide bonds. The van der Waals surface area contributed by atoms with Gasteiger partial charge in [-0.15, -0.1) is 24.8 Å². The van der Waals surface area contributed by atoms with Gasteiger partial charge in [0.15, 0.2) is 0 Å². The molecule has 0 fully saturated rings. The molecular weight excluding hydrogens is 327 g/mol. The van der Waals surface area contributed by atoms with Gasteiger partial charge in [0.25, 0.3) is 0 Å². The fourth-order valence-electron chi connectivity index (χ4n) is 2.75. The van der Waals surface area contributed by atoms with E-state index in [1.54, 1.807) is 0 Å². The summed E-state index contributed by atoms with van der Waals surface area (Å²) >= 11 is 0. The first kappa shape index (κ1) is 28.3. The first-order valence-corrected chi connectivity index (χ1v) is 9.80. The Kier molecular flexibility index (Phi) is 30.5. The number of hydrogen-bond acceptors (Lipinski definition) is 2. The Balaban J connectivity index is -0.00000200. The third-order valence-corrected chi connectivity index (χ3v) is 4.38. The maximum Gasteiger partial charge on any atom is 0.0543 e. The predicted octanol–water partition coefficient (Wildman–Crippen LogP) is 6.60. The number of nitrogens with one attached hydrogen (secondary N) is 1. The summed E-state index contributed by atoms with van der Waals surface area (Å²) in [6, 6.07) is 0. The zero-order chi connectivity index (χ0) is 15.6. The number of halogens is 2. The lowest BCUT2D eigenvalue weighted by Gasteiger charge is -2.10. The first-order valence-electron chi connectivity index (χ1n) is 9.80. The van der Waals surface area contributed by atoms with Crippen LogP contribution < -0.4 is 11.1 Å². The van der Waals surface area contributed by atoms with E-state index in [2.05, 4.69) is 19.2 Å². The molecule has 1 atom stereocenters. The summed E-state index contributed by atoms with van der Waals surface area (Å²) in [7, 11) is 0. The van der Waals surface area contributed by atoms with Crippen molar-refractivity contribution in [3.8, 4) is 0 Å². The Bertz CT molecular complexity index is 192. The Hall–Kier alpha value is 0.500. The average molecular weight is 371 g/mol. The molecule has 144 valence electrons. The molecule has 0 aliphatic carbocycles. The molecule has 0 aromatic carbocycles. The number of hydrogen-bond donors (Lipinski definition) is 2. The van der Waals surface area contributed by atoms with Crippen LogP contribution in [0.3, 0.4) is 0 Å². The lowest BCUT2D eigenvalue weighted by atomic mass is 10.0. The van der Waals surface area contributed by atoms with Crippen LogP contribution in [0.4, 0.5) is 0 Å². The topological polar surface area (TPSA) is 38.0 Å². The van der Waals surface area contributed by atoms with Crippen molar-refractivity contribution in [1.29, 1.82) is 0 Å². The van der Waals surface area contributed by atoms with Crippen LogP contribution in [-0.2, 0) is 0 Å². The Labute approximate surface area is 159 Å². The van der Waals surface area contributed by atoms with Crippen LogP contribution in [0.2, 0.25) is 0 Å². The van der Waals surface area contributed by atoms with Crippen LogP contribution in [0.15, 0.2) is 0 Å². The zero-order valence-electron chi connectivity index (χ0n) is 15.8. The van der Waals surface area contributed by atoms with Crippen molar-refractivity contribution in [3.63, 3.8) is 0 Å². The van der Waals surface area contributed by atoms with Crippen molar-refractivity contribution >= 4 is 24.8 Å². The van der Waals surface area contributed by atoms with Gasteiger partial charge < -0.3 is 11.1 Å². The molecule has 4 heteroatoms. The third-order valence-electron chi connectivity index (χ3n) is 4.38. The fourth-order valence-corrected chi connectivity index (χ4v) is 2.75. The molecule has 1 unspecified atom stereocenters.